The molecule has 5 heteroatoms. The van der Waals surface area contributed by atoms with Crippen molar-refractivity contribution in [3.8, 4) is 11.5 Å². The third-order valence-corrected chi connectivity index (χ3v) is 5.59. The minimum atomic E-state index is 0.120. The van der Waals surface area contributed by atoms with Gasteiger partial charge >= 0.3 is 0 Å². The highest BCUT2D eigenvalue weighted by molar-refractivity contribution is 5.92. The number of likely N-dealkylation sites (tertiary alicyclic amines) is 1. The standard InChI is InChI=1S/C23H28N2O3/c1-17-3-6-20(7-4-17)25(18(2)26)21-9-11-24(12-10-21)16-19-5-8-22-23(15-19)28-14-13-27-22/h3-8,15,21H,9-14,16H2,1-2H3. The highest BCUT2D eigenvalue weighted by atomic mass is 16.6. The Hall–Kier alpha value is -2.53. The third-order valence-electron chi connectivity index (χ3n) is 5.59. The van der Waals surface area contributed by atoms with E-state index in [0.29, 0.717) is 13.2 Å². The van der Waals surface area contributed by atoms with Gasteiger partial charge in [0.1, 0.15) is 13.2 Å². The lowest BCUT2D eigenvalue weighted by Gasteiger charge is -2.38. The molecule has 2 aromatic rings. The van der Waals surface area contributed by atoms with E-state index in [1.54, 1.807) is 6.92 Å². The molecule has 28 heavy (non-hydrogen) atoms. The van der Waals surface area contributed by atoms with Crippen LogP contribution in [0.15, 0.2) is 42.5 Å². The molecule has 0 unspecified atom stereocenters. The first kappa shape index (κ1) is 18.8. The first-order valence-corrected chi connectivity index (χ1v) is 10.1. The summed E-state index contributed by atoms with van der Waals surface area (Å²) in [4.78, 5) is 16.8. The molecule has 4 rings (SSSR count). The van der Waals surface area contributed by atoms with Crippen LogP contribution in [-0.2, 0) is 11.3 Å². The van der Waals surface area contributed by atoms with E-state index >= 15 is 0 Å². The Morgan fingerprint density at radius 2 is 1.71 bits per heavy atom. The molecule has 1 amide bonds. The monoisotopic (exact) mass is 380 g/mol. The van der Waals surface area contributed by atoms with Crippen LogP contribution in [0, 0.1) is 6.92 Å². The van der Waals surface area contributed by atoms with Crippen LogP contribution in [0.3, 0.4) is 0 Å². The van der Waals surface area contributed by atoms with Gasteiger partial charge < -0.3 is 14.4 Å². The Balaban J connectivity index is 1.38. The molecule has 5 nitrogen and oxygen atoms in total. The lowest BCUT2D eigenvalue weighted by molar-refractivity contribution is -0.117. The van der Waals surface area contributed by atoms with Gasteiger partial charge in [0.2, 0.25) is 5.91 Å². The van der Waals surface area contributed by atoms with Crippen LogP contribution in [0.25, 0.3) is 0 Å². The van der Waals surface area contributed by atoms with E-state index in [9.17, 15) is 4.79 Å². The Morgan fingerprint density at radius 1 is 1.04 bits per heavy atom. The number of hydrogen-bond donors (Lipinski definition) is 0. The van der Waals surface area contributed by atoms with Gasteiger partial charge in [-0.15, -0.1) is 0 Å². The minimum Gasteiger partial charge on any atom is -0.486 e. The fraction of sp³-hybridized carbons (Fsp3) is 0.435. The number of amides is 1. The quantitative estimate of drug-likeness (QED) is 0.809. The lowest BCUT2D eigenvalue weighted by Crippen LogP contribution is -2.46. The van der Waals surface area contributed by atoms with E-state index in [0.717, 1.165) is 49.7 Å². The summed E-state index contributed by atoms with van der Waals surface area (Å²) in [5.74, 6) is 1.80. The molecule has 0 saturated carbocycles. The number of ether oxygens (including phenoxy) is 2. The molecule has 2 heterocycles. The second kappa shape index (κ2) is 8.23. The van der Waals surface area contributed by atoms with Gasteiger partial charge in [-0.1, -0.05) is 23.8 Å². The van der Waals surface area contributed by atoms with Gasteiger partial charge in [0.25, 0.3) is 0 Å². The predicted octanol–water partition coefficient (Wildman–Crippen LogP) is 3.78. The second-order valence-corrected chi connectivity index (χ2v) is 7.71. The first-order valence-electron chi connectivity index (χ1n) is 10.1. The van der Waals surface area contributed by atoms with Gasteiger partial charge in [0.05, 0.1) is 0 Å². The molecule has 0 N–H and O–H groups in total. The number of carbonyl (C=O) groups is 1. The van der Waals surface area contributed by atoms with Gasteiger partial charge in [-0.25, -0.2) is 0 Å². The molecule has 2 aliphatic rings. The van der Waals surface area contributed by atoms with E-state index < -0.39 is 0 Å². The van der Waals surface area contributed by atoms with Crippen LogP contribution in [0.1, 0.15) is 30.9 Å². The van der Waals surface area contributed by atoms with Crippen molar-refractivity contribution < 1.29 is 14.3 Å². The molecule has 1 fully saturated rings. The number of carbonyl (C=O) groups excluding carboxylic acids is 1. The molecular formula is C23H28N2O3. The largest absolute Gasteiger partial charge is 0.486 e. The highest BCUT2D eigenvalue weighted by Crippen LogP contribution is 2.32. The van der Waals surface area contributed by atoms with Crippen molar-refractivity contribution >= 4 is 11.6 Å². The molecular weight excluding hydrogens is 352 g/mol. The lowest BCUT2D eigenvalue weighted by atomic mass is 10.0. The van der Waals surface area contributed by atoms with Crippen molar-refractivity contribution in [1.82, 2.24) is 4.90 Å². The number of nitrogens with zero attached hydrogens (tertiary/aromatic N) is 2. The Labute approximate surface area is 166 Å². The Morgan fingerprint density at radius 3 is 2.39 bits per heavy atom. The number of piperidine rings is 1. The smallest absolute Gasteiger partial charge is 0.224 e. The van der Waals surface area contributed by atoms with Crippen molar-refractivity contribution in [1.29, 1.82) is 0 Å². The van der Waals surface area contributed by atoms with Gasteiger partial charge in [-0.05, 0) is 49.6 Å². The van der Waals surface area contributed by atoms with E-state index in [-0.39, 0.29) is 11.9 Å². The molecule has 148 valence electrons. The van der Waals surface area contributed by atoms with Crippen LogP contribution in [0.5, 0.6) is 11.5 Å². The van der Waals surface area contributed by atoms with Crippen molar-refractivity contribution in [3.63, 3.8) is 0 Å². The van der Waals surface area contributed by atoms with E-state index in [2.05, 4.69) is 48.2 Å². The maximum Gasteiger partial charge on any atom is 0.224 e. The molecule has 0 bridgehead atoms. The summed E-state index contributed by atoms with van der Waals surface area (Å²) in [6.07, 6.45) is 1.97. The normalized spacial score (nSPS) is 17.4. The maximum absolute atomic E-state index is 12.3. The molecule has 0 spiro atoms. The second-order valence-electron chi connectivity index (χ2n) is 7.71. The van der Waals surface area contributed by atoms with E-state index in [1.807, 2.05) is 11.0 Å². The zero-order valence-electron chi connectivity index (χ0n) is 16.7. The number of aryl methyl sites for hydroxylation is 1. The number of hydrogen-bond acceptors (Lipinski definition) is 4. The van der Waals surface area contributed by atoms with E-state index in [4.69, 9.17) is 9.47 Å². The summed E-state index contributed by atoms with van der Waals surface area (Å²) in [7, 11) is 0. The SMILES string of the molecule is CC(=O)N(c1ccc(C)cc1)C1CCN(Cc2ccc3c(c2)OCCO3)CC1. The third kappa shape index (κ3) is 4.14. The van der Waals surface area contributed by atoms with Crippen LogP contribution >= 0.6 is 0 Å². The molecule has 1 saturated heterocycles. The highest BCUT2D eigenvalue weighted by Gasteiger charge is 2.27. The fourth-order valence-electron chi connectivity index (χ4n) is 4.14. The number of benzene rings is 2. The summed E-state index contributed by atoms with van der Waals surface area (Å²) in [6, 6.07) is 14.7. The van der Waals surface area contributed by atoms with Gasteiger partial charge in [0.15, 0.2) is 11.5 Å². The molecule has 0 radical (unpaired) electrons. The van der Waals surface area contributed by atoms with Crippen molar-refractivity contribution in [2.45, 2.75) is 39.3 Å². The minimum absolute atomic E-state index is 0.120. The Kier molecular flexibility index (Phi) is 5.53. The zero-order chi connectivity index (χ0) is 19.5. The van der Waals surface area contributed by atoms with Crippen molar-refractivity contribution in [2.24, 2.45) is 0 Å². The molecule has 2 aliphatic heterocycles. The molecule has 2 aromatic carbocycles. The van der Waals surface area contributed by atoms with Gasteiger partial charge in [0, 0.05) is 38.3 Å². The van der Waals surface area contributed by atoms with Crippen LogP contribution in [-0.4, -0.2) is 43.2 Å². The van der Waals surface area contributed by atoms with Crippen LogP contribution < -0.4 is 14.4 Å². The summed E-state index contributed by atoms with van der Waals surface area (Å²) in [6.45, 7) is 7.83. The fourth-order valence-corrected chi connectivity index (χ4v) is 4.14. The predicted molar refractivity (Wildman–Crippen MR) is 110 cm³/mol. The van der Waals surface area contributed by atoms with Gasteiger partial charge in [-0.2, -0.15) is 0 Å². The summed E-state index contributed by atoms with van der Waals surface area (Å²) in [5.41, 5.74) is 3.45. The number of anilines is 1. The average Bonchev–Trinajstić information content (AvgIpc) is 2.71. The summed E-state index contributed by atoms with van der Waals surface area (Å²) < 4.78 is 11.3. The van der Waals surface area contributed by atoms with Crippen LogP contribution in [0.2, 0.25) is 0 Å². The molecule has 0 atom stereocenters. The average molecular weight is 380 g/mol. The summed E-state index contributed by atoms with van der Waals surface area (Å²) >= 11 is 0. The Bertz CT molecular complexity index is 826. The maximum atomic E-state index is 12.3. The summed E-state index contributed by atoms with van der Waals surface area (Å²) in [5, 5.41) is 0. The van der Waals surface area contributed by atoms with Crippen LogP contribution in [0.4, 0.5) is 5.69 Å². The van der Waals surface area contributed by atoms with E-state index in [1.165, 1.54) is 11.1 Å². The molecule has 0 aliphatic carbocycles. The first-order chi connectivity index (χ1) is 13.6. The molecule has 0 aromatic heterocycles. The number of fused-ring (bicyclic) bond motifs is 1. The number of rotatable bonds is 4. The zero-order valence-corrected chi connectivity index (χ0v) is 16.7. The van der Waals surface area contributed by atoms with Crippen molar-refractivity contribution in [3.05, 3.63) is 53.6 Å². The van der Waals surface area contributed by atoms with Gasteiger partial charge in [-0.3, -0.25) is 9.69 Å². The topological polar surface area (TPSA) is 42.0 Å². The van der Waals surface area contributed by atoms with Crippen molar-refractivity contribution in [2.75, 3.05) is 31.2 Å².